The molecule has 0 bridgehead atoms. The number of hydrogen-bond donors (Lipinski definition) is 1. The Bertz CT molecular complexity index is 885. The Morgan fingerprint density at radius 2 is 1.39 bits per heavy atom. The molecule has 0 aromatic heterocycles. The molecule has 2 amide bonds. The summed E-state index contributed by atoms with van der Waals surface area (Å²) >= 11 is 0. The first kappa shape index (κ1) is 27.8. The minimum absolute atomic E-state index is 0.143. The van der Waals surface area contributed by atoms with Gasteiger partial charge in [0.1, 0.15) is 12.2 Å². The molecule has 2 aliphatic heterocycles. The number of piperidine rings is 2. The van der Waals surface area contributed by atoms with E-state index < -0.39 is 17.0 Å². The van der Waals surface area contributed by atoms with Gasteiger partial charge in [-0.3, -0.25) is 4.79 Å². The van der Waals surface area contributed by atoms with E-state index in [9.17, 15) is 19.5 Å². The van der Waals surface area contributed by atoms with E-state index in [0.29, 0.717) is 51.9 Å². The summed E-state index contributed by atoms with van der Waals surface area (Å²) in [7, 11) is 1.35. The van der Waals surface area contributed by atoms with Gasteiger partial charge < -0.3 is 29.1 Å². The average Bonchev–Trinajstić information content (AvgIpc) is 2.88. The van der Waals surface area contributed by atoms with Crippen LogP contribution in [0.1, 0.15) is 52.0 Å². The first-order valence-electron chi connectivity index (χ1n) is 12.7. The molecule has 2 saturated heterocycles. The van der Waals surface area contributed by atoms with Gasteiger partial charge in [0.25, 0.3) is 0 Å². The molecule has 9 nitrogen and oxygen atoms in total. The maximum Gasteiger partial charge on any atom is 0.410 e. The summed E-state index contributed by atoms with van der Waals surface area (Å²) in [5.41, 5.74) is -0.733. The number of hydrogen-bond acceptors (Lipinski definition) is 7. The van der Waals surface area contributed by atoms with Crippen molar-refractivity contribution in [2.75, 3.05) is 39.9 Å². The third kappa shape index (κ3) is 6.49. The van der Waals surface area contributed by atoms with Gasteiger partial charge in [-0.05, 0) is 63.9 Å². The van der Waals surface area contributed by atoms with E-state index in [4.69, 9.17) is 14.2 Å². The molecule has 200 valence electrons. The fraction of sp³-hybridized carbons (Fsp3) is 0.667. The number of carbonyl (C=O) groups excluding carboxylic acids is 3. The Morgan fingerprint density at radius 1 is 0.889 bits per heavy atom. The van der Waals surface area contributed by atoms with Crippen LogP contribution in [0.4, 0.5) is 9.59 Å². The number of carbonyl (C=O) groups is 3. The van der Waals surface area contributed by atoms with Gasteiger partial charge in [0.15, 0.2) is 0 Å². The number of aliphatic hydroxyl groups is 1. The first-order valence-corrected chi connectivity index (χ1v) is 12.7. The molecule has 0 aliphatic carbocycles. The van der Waals surface area contributed by atoms with Gasteiger partial charge in [0, 0.05) is 26.2 Å². The smallest absolute Gasteiger partial charge is 0.410 e. The number of likely N-dealkylation sites (tertiary alicyclic amines) is 2. The van der Waals surface area contributed by atoms with Crippen molar-refractivity contribution < 1.29 is 33.7 Å². The number of nitrogens with zero attached hydrogens (tertiary/aromatic N) is 2. The summed E-state index contributed by atoms with van der Waals surface area (Å²) in [5, 5.41) is 10.6. The van der Waals surface area contributed by atoms with Crippen molar-refractivity contribution in [3.8, 4) is 0 Å². The zero-order valence-corrected chi connectivity index (χ0v) is 21.9. The zero-order valence-electron chi connectivity index (χ0n) is 21.9. The Labute approximate surface area is 213 Å². The SMILES string of the molecule is COC(=O)C(CO)(C1CCN(C(=O)OCc2ccccc2)CC1)C1CCN(C(=O)OC(C)(C)C)CC1. The predicted octanol–water partition coefficient (Wildman–Crippen LogP) is 3.83. The van der Waals surface area contributed by atoms with Gasteiger partial charge in [-0.25, -0.2) is 9.59 Å². The second-order valence-corrected chi connectivity index (χ2v) is 10.7. The fourth-order valence-electron chi connectivity index (χ4n) is 5.47. The van der Waals surface area contributed by atoms with E-state index >= 15 is 0 Å². The minimum atomic E-state index is -1.07. The fourth-order valence-corrected chi connectivity index (χ4v) is 5.47. The Balaban J connectivity index is 1.62. The van der Waals surface area contributed by atoms with Crippen LogP contribution in [0.2, 0.25) is 0 Å². The van der Waals surface area contributed by atoms with Crippen molar-refractivity contribution in [1.82, 2.24) is 9.80 Å². The third-order valence-electron chi connectivity index (χ3n) is 7.39. The highest BCUT2D eigenvalue weighted by atomic mass is 16.6. The highest BCUT2D eigenvalue weighted by molar-refractivity contribution is 5.78. The first-order chi connectivity index (χ1) is 17.1. The van der Waals surface area contributed by atoms with Crippen LogP contribution in [0.15, 0.2) is 30.3 Å². The third-order valence-corrected chi connectivity index (χ3v) is 7.39. The number of aliphatic hydroxyl groups excluding tert-OH is 1. The van der Waals surface area contributed by atoms with E-state index in [2.05, 4.69) is 0 Å². The molecule has 36 heavy (non-hydrogen) atoms. The Hall–Kier alpha value is -2.81. The number of ether oxygens (including phenoxy) is 3. The largest absolute Gasteiger partial charge is 0.469 e. The van der Waals surface area contributed by atoms with Crippen molar-refractivity contribution in [1.29, 1.82) is 0 Å². The van der Waals surface area contributed by atoms with Crippen LogP contribution in [0.5, 0.6) is 0 Å². The van der Waals surface area contributed by atoms with Crippen LogP contribution in [0, 0.1) is 17.3 Å². The molecule has 9 heteroatoms. The highest BCUT2D eigenvalue weighted by Crippen LogP contribution is 2.47. The molecule has 1 aromatic rings. The van der Waals surface area contributed by atoms with Crippen LogP contribution in [0.3, 0.4) is 0 Å². The van der Waals surface area contributed by atoms with Crippen LogP contribution < -0.4 is 0 Å². The summed E-state index contributed by atoms with van der Waals surface area (Å²) in [6, 6.07) is 9.51. The van der Waals surface area contributed by atoms with Gasteiger partial charge in [0.2, 0.25) is 0 Å². The summed E-state index contributed by atoms with van der Waals surface area (Å²) in [4.78, 5) is 41.6. The number of rotatable bonds is 6. The standard InChI is InChI=1S/C27H40N2O7/c1-26(2,3)36-25(33)29-16-12-22(13-17-29)27(19-30,23(31)34-4)21-10-14-28(15-11-21)24(32)35-18-20-8-6-5-7-9-20/h5-9,21-22,30H,10-19H2,1-4H3. The van der Waals surface area contributed by atoms with Crippen LogP contribution in [0.25, 0.3) is 0 Å². The van der Waals surface area contributed by atoms with Crippen molar-refractivity contribution >= 4 is 18.2 Å². The summed E-state index contributed by atoms with van der Waals surface area (Å²) in [6.07, 6.45) is 1.50. The lowest BCUT2D eigenvalue weighted by Gasteiger charge is -2.48. The van der Waals surface area contributed by atoms with Crippen LogP contribution in [-0.4, -0.2) is 78.6 Å². The minimum Gasteiger partial charge on any atom is -0.469 e. The number of esters is 1. The zero-order chi connectivity index (χ0) is 26.3. The highest BCUT2D eigenvalue weighted by Gasteiger charge is 2.53. The van der Waals surface area contributed by atoms with Crippen molar-refractivity contribution in [2.45, 2.75) is 58.7 Å². The normalized spacial score (nSPS) is 19.4. The maximum atomic E-state index is 13.1. The van der Waals surface area contributed by atoms with Gasteiger partial charge in [-0.15, -0.1) is 0 Å². The lowest BCUT2D eigenvalue weighted by molar-refractivity contribution is -0.170. The van der Waals surface area contributed by atoms with E-state index in [-0.39, 0.29) is 37.2 Å². The lowest BCUT2D eigenvalue weighted by Crippen LogP contribution is -2.55. The second-order valence-electron chi connectivity index (χ2n) is 10.7. The molecule has 2 aliphatic rings. The maximum absolute atomic E-state index is 13.1. The quantitative estimate of drug-likeness (QED) is 0.464. The van der Waals surface area contributed by atoms with Gasteiger partial charge >= 0.3 is 18.2 Å². The average molecular weight is 505 g/mol. The molecule has 3 rings (SSSR count). The number of benzene rings is 1. The Kier molecular flexibility index (Phi) is 9.22. The Morgan fingerprint density at radius 3 is 1.83 bits per heavy atom. The summed E-state index contributed by atoms with van der Waals surface area (Å²) in [5.74, 6) is -0.716. The van der Waals surface area contributed by atoms with Crippen molar-refractivity contribution in [2.24, 2.45) is 17.3 Å². The van der Waals surface area contributed by atoms with Crippen LogP contribution >= 0.6 is 0 Å². The molecule has 1 aromatic carbocycles. The van der Waals surface area contributed by atoms with Gasteiger partial charge in [0.05, 0.1) is 19.1 Å². The van der Waals surface area contributed by atoms with Gasteiger partial charge in [-0.1, -0.05) is 30.3 Å². The molecule has 1 N–H and O–H groups in total. The molecule has 0 spiro atoms. The van der Waals surface area contributed by atoms with E-state index in [1.54, 1.807) is 9.80 Å². The molecule has 0 saturated carbocycles. The van der Waals surface area contributed by atoms with Gasteiger partial charge in [-0.2, -0.15) is 0 Å². The molecule has 0 radical (unpaired) electrons. The van der Waals surface area contributed by atoms with E-state index in [1.807, 2.05) is 51.1 Å². The molecule has 2 heterocycles. The number of methoxy groups -OCH3 is 1. The molecule has 1 unspecified atom stereocenters. The molecule has 1 atom stereocenters. The van der Waals surface area contributed by atoms with Crippen molar-refractivity contribution in [3.63, 3.8) is 0 Å². The molecule has 2 fully saturated rings. The predicted molar refractivity (Wildman–Crippen MR) is 133 cm³/mol. The number of amides is 2. The monoisotopic (exact) mass is 504 g/mol. The second kappa shape index (κ2) is 12.0. The lowest BCUT2D eigenvalue weighted by atomic mass is 9.61. The van der Waals surface area contributed by atoms with Crippen molar-refractivity contribution in [3.05, 3.63) is 35.9 Å². The summed E-state index contributed by atoms with van der Waals surface area (Å²) in [6.45, 7) is 7.13. The van der Waals surface area contributed by atoms with E-state index in [0.717, 1.165) is 5.56 Å². The summed E-state index contributed by atoms with van der Waals surface area (Å²) < 4.78 is 16.2. The molecular formula is C27H40N2O7. The van der Waals surface area contributed by atoms with E-state index in [1.165, 1.54) is 7.11 Å². The molecular weight excluding hydrogens is 464 g/mol. The van der Waals surface area contributed by atoms with Crippen LogP contribution in [-0.2, 0) is 25.6 Å². The topological polar surface area (TPSA) is 106 Å².